The number of carbonyl (C=O) groups is 2. The Hall–Kier alpha value is -2.07. The molecule has 10 nitrogen and oxygen atoms in total. The van der Waals surface area contributed by atoms with Crippen LogP contribution in [0.5, 0.6) is 0 Å². The topological polar surface area (TPSA) is 149 Å². The average molecular weight is 855 g/mol. The van der Waals surface area contributed by atoms with Gasteiger partial charge in [0.15, 0.2) is 6.10 Å². The number of phosphoric acid groups is 1. The van der Waals surface area contributed by atoms with Gasteiger partial charge in [-0.2, -0.15) is 0 Å². The minimum Gasteiger partial charge on any atom is -0.462 e. The Morgan fingerprint density at radius 1 is 0.525 bits per heavy atom. The van der Waals surface area contributed by atoms with Gasteiger partial charge in [-0.25, -0.2) is 4.57 Å². The molecule has 59 heavy (non-hydrogen) atoms. The molecular weight excluding hydrogens is 767 g/mol. The zero-order valence-electron chi connectivity index (χ0n) is 37.5. The van der Waals surface area contributed by atoms with Gasteiger partial charge in [0, 0.05) is 12.8 Å². The van der Waals surface area contributed by atoms with Crippen molar-refractivity contribution in [1.29, 1.82) is 0 Å². The molecule has 0 bridgehead atoms. The Labute approximate surface area is 360 Å². The van der Waals surface area contributed by atoms with Crippen LogP contribution in [-0.2, 0) is 32.7 Å². The Kier molecular flexibility index (Phi) is 42.5. The van der Waals surface area contributed by atoms with Gasteiger partial charge in [-0.15, -0.1) is 0 Å². The van der Waals surface area contributed by atoms with E-state index in [0.717, 1.165) is 83.5 Å². The molecule has 0 saturated carbocycles. The lowest BCUT2D eigenvalue weighted by Crippen LogP contribution is -2.29. The van der Waals surface area contributed by atoms with Crippen LogP contribution in [0.25, 0.3) is 0 Å². The summed E-state index contributed by atoms with van der Waals surface area (Å²) in [6, 6.07) is 0. The van der Waals surface area contributed by atoms with Crippen LogP contribution >= 0.6 is 7.82 Å². The van der Waals surface area contributed by atoms with Crippen LogP contribution in [0.2, 0.25) is 0 Å². The maximum atomic E-state index is 12.6. The highest BCUT2D eigenvalue weighted by atomic mass is 31.2. The van der Waals surface area contributed by atoms with E-state index in [0.29, 0.717) is 12.8 Å². The average Bonchev–Trinajstić information content (AvgIpc) is 3.22. The van der Waals surface area contributed by atoms with Crippen LogP contribution in [0.4, 0.5) is 0 Å². The molecule has 0 aromatic carbocycles. The maximum Gasteiger partial charge on any atom is 0.472 e. The fourth-order valence-corrected chi connectivity index (χ4v) is 7.19. The van der Waals surface area contributed by atoms with Crippen molar-refractivity contribution in [2.75, 3.05) is 26.4 Å². The molecule has 0 fully saturated rings. The molecule has 3 N–H and O–H groups in total. The van der Waals surface area contributed by atoms with Gasteiger partial charge in [0.05, 0.1) is 19.8 Å². The van der Waals surface area contributed by atoms with Crippen molar-refractivity contribution in [3.05, 3.63) is 48.6 Å². The third-order valence-corrected chi connectivity index (χ3v) is 10.9. The number of rotatable bonds is 44. The molecule has 3 unspecified atom stereocenters. The summed E-state index contributed by atoms with van der Waals surface area (Å²) in [5.74, 6) is -0.935. The molecule has 0 heterocycles. The lowest BCUT2D eigenvalue weighted by Gasteiger charge is -2.20. The van der Waals surface area contributed by atoms with E-state index in [1.165, 1.54) is 83.5 Å². The Morgan fingerprint density at radius 2 is 0.932 bits per heavy atom. The normalized spacial score (nSPS) is 14.2. The van der Waals surface area contributed by atoms with E-state index in [4.69, 9.17) is 23.6 Å². The Morgan fingerprint density at radius 3 is 1.41 bits per heavy atom. The highest BCUT2D eigenvalue weighted by Crippen LogP contribution is 2.43. The molecule has 11 heteroatoms. The second-order valence-corrected chi connectivity index (χ2v) is 17.2. The third-order valence-electron chi connectivity index (χ3n) is 10.00. The molecular formula is C48H87O10P. The number of esters is 2. The fourth-order valence-electron chi connectivity index (χ4n) is 6.40. The number of ether oxygens (including phenoxy) is 2. The highest BCUT2D eigenvalue weighted by molar-refractivity contribution is 7.47. The van der Waals surface area contributed by atoms with Crippen molar-refractivity contribution in [2.24, 2.45) is 0 Å². The summed E-state index contributed by atoms with van der Waals surface area (Å²) in [6.45, 7) is 2.27. The van der Waals surface area contributed by atoms with E-state index in [-0.39, 0.29) is 19.4 Å². The van der Waals surface area contributed by atoms with Gasteiger partial charge in [-0.3, -0.25) is 18.6 Å². The molecule has 0 saturated heterocycles. The summed E-state index contributed by atoms with van der Waals surface area (Å²) in [5.41, 5.74) is 0. The molecule has 0 aliphatic heterocycles. The molecule has 0 aliphatic carbocycles. The lowest BCUT2D eigenvalue weighted by atomic mass is 10.0. The van der Waals surface area contributed by atoms with Gasteiger partial charge in [0.1, 0.15) is 12.7 Å². The monoisotopic (exact) mass is 855 g/mol. The fraction of sp³-hybridized carbons (Fsp3) is 0.792. The summed E-state index contributed by atoms with van der Waals surface area (Å²) in [4.78, 5) is 35.1. The zero-order chi connectivity index (χ0) is 43.3. The first kappa shape index (κ1) is 56.9. The standard InChI is InChI=1S/C48H87O10P/c1-3-5-7-9-11-13-15-17-19-21-22-24-26-28-30-32-34-36-38-40-48(52)58-46(44-57-59(53,54)56-42-45(50)41-49)43-55-47(51)39-37-35-33-31-29-27-25-23-20-18-16-14-12-10-8-6-4-2/h5,7,11,13,17,19,22,24,45-46,49-50H,3-4,6,8-10,12,14-16,18,20-21,23,25-44H2,1-2H3,(H,53,54)/b7-5-,13-11-,19-17-,24-22-. The first-order valence-electron chi connectivity index (χ1n) is 23.6. The first-order valence-corrected chi connectivity index (χ1v) is 25.1. The predicted molar refractivity (Wildman–Crippen MR) is 242 cm³/mol. The van der Waals surface area contributed by atoms with Crippen molar-refractivity contribution in [1.82, 2.24) is 0 Å². The minimum absolute atomic E-state index is 0.168. The smallest absolute Gasteiger partial charge is 0.462 e. The molecule has 344 valence electrons. The number of hydrogen-bond acceptors (Lipinski definition) is 9. The van der Waals surface area contributed by atoms with Crippen LogP contribution in [0, 0.1) is 0 Å². The molecule has 0 amide bonds. The summed E-state index contributed by atoms with van der Waals surface area (Å²) in [6.07, 6.45) is 47.8. The number of hydrogen-bond donors (Lipinski definition) is 3. The van der Waals surface area contributed by atoms with Gasteiger partial charge >= 0.3 is 19.8 Å². The van der Waals surface area contributed by atoms with Crippen molar-refractivity contribution < 1.29 is 47.8 Å². The Balaban J connectivity index is 4.26. The third kappa shape index (κ3) is 43.8. The van der Waals surface area contributed by atoms with Crippen LogP contribution in [-0.4, -0.2) is 65.7 Å². The zero-order valence-corrected chi connectivity index (χ0v) is 38.4. The van der Waals surface area contributed by atoms with Crippen molar-refractivity contribution >= 4 is 19.8 Å². The van der Waals surface area contributed by atoms with E-state index in [1.54, 1.807) is 0 Å². The number of aliphatic hydroxyl groups is 2. The van der Waals surface area contributed by atoms with E-state index in [1.807, 2.05) is 0 Å². The minimum atomic E-state index is -4.62. The molecule has 0 spiro atoms. The van der Waals surface area contributed by atoms with Gasteiger partial charge in [-0.05, 0) is 51.4 Å². The quantitative estimate of drug-likeness (QED) is 0.0234. The SMILES string of the molecule is CC/C=C\C/C=C\C/C=C\C/C=C\CCCCCCCCC(=O)OC(COC(=O)CCCCCCCCCCCCCCCCCCC)COP(=O)(O)OCC(O)CO. The van der Waals surface area contributed by atoms with Gasteiger partial charge in [0.25, 0.3) is 0 Å². The van der Waals surface area contributed by atoms with Crippen LogP contribution in [0.1, 0.15) is 206 Å². The second-order valence-electron chi connectivity index (χ2n) is 15.8. The maximum absolute atomic E-state index is 12.6. The largest absolute Gasteiger partial charge is 0.472 e. The van der Waals surface area contributed by atoms with E-state index in [9.17, 15) is 24.2 Å². The van der Waals surface area contributed by atoms with E-state index >= 15 is 0 Å². The van der Waals surface area contributed by atoms with E-state index < -0.39 is 51.8 Å². The molecule has 0 aromatic heterocycles. The van der Waals surface area contributed by atoms with Crippen LogP contribution < -0.4 is 0 Å². The van der Waals surface area contributed by atoms with Crippen LogP contribution in [0.15, 0.2) is 48.6 Å². The molecule has 0 aromatic rings. The van der Waals surface area contributed by atoms with E-state index in [2.05, 4.69) is 62.5 Å². The highest BCUT2D eigenvalue weighted by Gasteiger charge is 2.27. The van der Waals surface area contributed by atoms with Crippen molar-refractivity contribution in [3.63, 3.8) is 0 Å². The number of unbranched alkanes of at least 4 members (excludes halogenated alkanes) is 22. The van der Waals surface area contributed by atoms with Gasteiger partial charge in [0.2, 0.25) is 0 Å². The second kappa shape index (κ2) is 44.0. The lowest BCUT2D eigenvalue weighted by molar-refractivity contribution is -0.161. The molecule has 0 aliphatic rings. The summed E-state index contributed by atoms with van der Waals surface area (Å²) in [5, 5.41) is 18.4. The molecule has 0 rings (SSSR count). The number of carbonyl (C=O) groups excluding carboxylic acids is 2. The predicted octanol–water partition coefficient (Wildman–Crippen LogP) is 12.9. The Bertz CT molecular complexity index is 1120. The van der Waals surface area contributed by atoms with Crippen molar-refractivity contribution in [3.8, 4) is 0 Å². The van der Waals surface area contributed by atoms with Gasteiger partial charge < -0.3 is 24.6 Å². The summed E-state index contributed by atoms with van der Waals surface area (Å²) >= 11 is 0. The number of phosphoric ester groups is 1. The molecule has 0 radical (unpaired) electrons. The number of allylic oxidation sites excluding steroid dienone is 8. The van der Waals surface area contributed by atoms with Gasteiger partial charge in [-0.1, -0.05) is 191 Å². The van der Waals surface area contributed by atoms with Crippen LogP contribution in [0.3, 0.4) is 0 Å². The molecule has 3 atom stereocenters. The summed E-state index contributed by atoms with van der Waals surface area (Å²) < 4.78 is 32.8. The van der Waals surface area contributed by atoms with Crippen molar-refractivity contribution in [2.45, 2.75) is 219 Å². The number of aliphatic hydroxyl groups excluding tert-OH is 2. The summed E-state index contributed by atoms with van der Waals surface area (Å²) in [7, 11) is -4.62. The first-order chi connectivity index (χ1) is 28.7.